The summed E-state index contributed by atoms with van der Waals surface area (Å²) in [6.45, 7) is 11.7. The molecule has 0 bridgehead atoms. The summed E-state index contributed by atoms with van der Waals surface area (Å²) in [4.78, 5) is 2.80. The van der Waals surface area contributed by atoms with Crippen molar-refractivity contribution < 1.29 is 0 Å². The maximum absolute atomic E-state index is 3.73. The van der Waals surface area contributed by atoms with Crippen LogP contribution in [0.15, 0.2) is 0 Å². The lowest BCUT2D eigenvalue weighted by Gasteiger charge is -2.43. The van der Waals surface area contributed by atoms with Crippen LogP contribution in [0, 0.1) is 0 Å². The fourth-order valence-corrected chi connectivity index (χ4v) is 3.30. The molecule has 18 heavy (non-hydrogen) atoms. The van der Waals surface area contributed by atoms with E-state index in [4.69, 9.17) is 0 Å². The van der Waals surface area contributed by atoms with Gasteiger partial charge in [0.1, 0.15) is 0 Å². The van der Waals surface area contributed by atoms with Crippen molar-refractivity contribution in [2.75, 3.05) is 13.1 Å². The smallest absolute Gasteiger partial charge is 0.0252 e. The summed E-state index contributed by atoms with van der Waals surface area (Å²) in [5.74, 6) is 0. The predicted molar refractivity (Wildman–Crippen MR) is 81.1 cm³/mol. The van der Waals surface area contributed by atoms with E-state index < -0.39 is 0 Å². The van der Waals surface area contributed by atoms with E-state index in [1.54, 1.807) is 0 Å². The summed E-state index contributed by atoms with van der Waals surface area (Å²) in [6, 6.07) is 2.25. The first-order valence-electron chi connectivity index (χ1n) is 8.23. The fourth-order valence-electron chi connectivity index (χ4n) is 3.30. The molecule has 3 atom stereocenters. The summed E-state index contributed by atoms with van der Waals surface area (Å²) in [5.41, 5.74) is 0. The second kappa shape index (κ2) is 8.92. The van der Waals surface area contributed by atoms with Gasteiger partial charge in [0.2, 0.25) is 0 Å². The van der Waals surface area contributed by atoms with Gasteiger partial charge in [-0.15, -0.1) is 0 Å². The maximum atomic E-state index is 3.73. The van der Waals surface area contributed by atoms with Crippen LogP contribution in [-0.4, -0.2) is 36.1 Å². The Morgan fingerprint density at radius 3 is 2.50 bits per heavy atom. The zero-order chi connectivity index (χ0) is 13.4. The number of unbranched alkanes of at least 4 members (excludes halogenated alkanes) is 1. The molecule has 1 fully saturated rings. The Balaban J connectivity index is 2.66. The average Bonchev–Trinajstić information content (AvgIpc) is 2.40. The van der Waals surface area contributed by atoms with Crippen molar-refractivity contribution in [2.24, 2.45) is 0 Å². The van der Waals surface area contributed by atoms with E-state index in [0.29, 0.717) is 0 Å². The molecule has 1 aliphatic rings. The molecule has 3 unspecified atom stereocenters. The highest BCUT2D eigenvalue weighted by atomic mass is 15.2. The van der Waals surface area contributed by atoms with Crippen molar-refractivity contribution in [3.63, 3.8) is 0 Å². The largest absolute Gasteiger partial charge is 0.313 e. The zero-order valence-corrected chi connectivity index (χ0v) is 13.0. The molecule has 2 heteroatoms. The first kappa shape index (κ1) is 16.0. The first-order valence-corrected chi connectivity index (χ1v) is 8.23. The van der Waals surface area contributed by atoms with E-state index >= 15 is 0 Å². The van der Waals surface area contributed by atoms with Crippen molar-refractivity contribution in [3.8, 4) is 0 Å². The van der Waals surface area contributed by atoms with Gasteiger partial charge in [-0.3, -0.25) is 4.90 Å². The molecule has 0 aromatic carbocycles. The Labute approximate surface area is 115 Å². The minimum atomic E-state index is 0.731. The van der Waals surface area contributed by atoms with Crippen molar-refractivity contribution in [1.82, 2.24) is 10.2 Å². The topological polar surface area (TPSA) is 15.3 Å². The molecule has 0 heterocycles. The van der Waals surface area contributed by atoms with Crippen LogP contribution in [0.5, 0.6) is 0 Å². The van der Waals surface area contributed by atoms with E-state index in [1.165, 1.54) is 51.5 Å². The van der Waals surface area contributed by atoms with Crippen LogP contribution in [0.1, 0.15) is 72.6 Å². The Hall–Kier alpha value is -0.0800. The van der Waals surface area contributed by atoms with E-state index in [2.05, 4.69) is 37.9 Å². The van der Waals surface area contributed by atoms with Crippen LogP contribution >= 0.6 is 0 Å². The van der Waals surface area contributed by atoms with Crippen LogP contribution in [0.2, 0.25) is 0 Å². The molecule has 0 aromatic heterocycles. The van der Waals surface area contributed by atoms with Gasteiger partial charge in [-0.2, -0.15) is 0 Å². The Morgan fingerprint density at radius 1 is 1.17 bits per heavy atom. The summed E-state index contributed by atoms with van der Waals surface area (Å²) < 4.78 is 0. The van der Waals surface area contributed by atoms with Crippen molar-refractivity contribution in [3.05, 3.63) is 0 Å². The summed E-state index contributed by atoms with van der Waals surface area (Å²) in [6.07, 6.45) is 9.54. The van der Waals surface area contributed by atoms with E-state index in [9.17, 15) is 0 Å². The molecular formula is C16H34N2. The highest BCUT2D eigenvalue weighted by Gasteiger charge is 2.31. The number of hydrogen-bond donors (Lipinski definition) is 1. The van der Waals surface area contributed by atoms with Gasteiger partial charge in [0.15, 0.2) is 0 Å². The maximum Gasteiger partial charge on any atom is 0.0252 e. The van der Waals surface area contributed by atoms with Crippen LogP contribution in [0.25, 0.3) is 0 Å². The van der Waals surface area contributed by atoms with E-state index in [-0.39, 0.29) is 0 Å². The van der Waals surface area contributed by atoms with Crippen LogP contribution < -0.4 is 5.32 Å². The molecule has 108 valence electrons. The molecule has 0 amide bonds. The molecule has 0 aromatic rings. The molecular weight excluding hydrogens is 220 g/mol. The second-order valence-electron chi connectivity index (χ2n) is 5.86. The molecule has 1 aliphatic carbocycles. The van der Waals surface area contributed by atoms with Crippen LogP contribution in [-0.2, 0) is 0 Å². The average molecular weight is 254 g/mol. The van der Waals surface area contributed by atoms with Crippen molar-refractivity contribution >= 4 is 0 Å². The second-order valence-corrected chi connectivity index (χ2v) is 5.86. The number of likely N-dealkylation sites (N-methyl/N-ethyl adjacent to an activating group) is 1. The molecule has 0 spiro atoms. The third-order valence-electron chi connectivity index (χ3n) is 4.55. The van der Waals surface area contributed by atoms with Crippen molar-refractivity contribution in [2.45, 2.75) is 90.8 Å². The summed E-state index contributed by atoms with van der Waals surface area (Å²) >= 11 is 0. The SMILES string of the molecule is CCCCN(C(C)CC)C1CCCCC1NCC. The lowest BCUT2D eigenvalue weighted by Crippen LogP contribution is -2.54. The van der Waals surface area contributed by atoms with Crippen LogP contribution in [0.4, 0.5) is 0 Å². The van der Waals surface area contributed by atoms with Gasteiger partial charge in [-0.1, -0.05) is 40.0 Å². The van der Waals surface area contributed by atoms with Gasteiger partial charge in [0, 0.05) is 18.1 Å². The van der Waals surface area contributed by atoms with Gasteiger partial charge in [0.25, 0.3) is 0 Å². The predicted octanol–water partition coefficient (Wildman–Crippen LogP) is 3.81. The Morgan fingerprint density at radius 2 is 1.89 bits per heavy atom. The number of hydrogen-bond acceptors (Lipinski definition) is 2. The summed E-state index contributed by atoms with van der Waals surface area (Å²) in [5, 5.41) is 3.73. The molecule has 0 aliphatic heterocycles. The molecule has 1 rings (SSSR count). The number of rotatable bonds is 8. The van der Waals surface area contributed by atoms with E-state index in [1.807, 2.05) is 0 Å². The third kappa shape index (κ3) is 4.55. The molecule has 2 nitrogen and oxygen atoms in total. The monoisotopic (exact) mass is 254 g/mol. The molecule has 0 saturated heterocycles. The number of nitrogens with one attached hydrogen (secondary N) is 1. The Bertz CT molecular complexity index is 203. The minimum absolute atomic E-state index is 0.731. The molecule has 1 N–H and O–H groups in total. The van der Waals surface area contributed by atoms with Gasteiger partial charge in [0.05, 0.1) is 0 Å². The molecule has 0 radical (unpaired) electrons. The van der Waals surface area contributed by atoms with Gasteiger partial charge >= 0.3 is 0 Å². The van der Waals surface area contributed by atoms with Crippen molar-refractivity contribution in [1.29, 1.82) is 0 Å². The lowest BCUT2D eigenvalue weighted by molar-refractivity contribution is 0.0819. The zero-order valence-electron chi connectivity index (χ0n) is 13.0. The fraction of sp³-hybridized carbons (Fsp3) is 1.00. The molecule has 1 saturated carbocycles. The van der Waals surface area contributed by atoms with Gasteiger partial charge in [-0.25, -0.2) is 0 Å². The highest BCUT2D eigenvalue weighted by Crippen LogP contribution is 2.26. The standard InChI is InChI=1S/C16H34N2/c1-5-8-13-18(14(4)6-2)16-12-10-9-11-15(16)17-7-3/h14-17H,5-13H2,1-4H3. The third-order valence-corrected chi connectivity index (χ3v) is 4.55. The highest BCUT2D eigenvalue weighted by molar-refractivity contribution is 4.89. The number of nitrogens with zero attached hydrogens (tertiary/aromatic N) is 1. The quantitative estimate of drug-likeness (QED) is 0.708. The Kier molecular flexibility index (Phi) is 7.92. The normalized spacial score (nSPS) is 26.5. The van der Waals surface area contributed by atoms with E-state index in [0.717, 1.165) is 24.7 Å². The summed E-state index contributed by atoms with van der Waals surface area (Å²) in [7, 11) is 0. The van der Waals surface area contributed by atoms with Crippen LogP contribution in [0.3, 0.4) is 0 Å². The first-order chi connectivity index (χ1) is 8.74. The minimum Gasteiger partial charge on any atom is -0.313 e. The van der Waals surface area contributed by atoms with Gasteiger partial charge in [-0.05, 0) is 45.7 Å². The van der Waals surface area contributed by atoms with Gasteiger partial charge < -0.3 is 5.32 Å². The lowest BCUT2D eigenvalue weighted by atomic mass is 9.88.